The highest BCUT2D eigenvalue weighted by atomic mass is 32.2. The number of aromatic nitrogens is 2. The van der Waals surface area contributed by atoms with Crippen molar-refractivity contribution in [2.75, 3.05) is 6.26 Å². The summed E-state index contributed by atoms with van der Waals surface area (Å²) in [4.78, 5) is 3.98. The van der Waals surface area contributed by atoms with Crippen LogP contribution in [0.1, 0.15) is 37.4 Å². The molecule has 0 aromatic carbocycles. The molecule has 1 unspecified atom stereocenters. The molecule has 1 rings (SSSR count). The third kappa shape index (κ3) is 3.98. The number of hydrogen-bond donors (Lipinski definition) is 0. The van der Waals surface area contributed by atoms with Crippen LogP contribution < -0.4 is 0 Å². The van der Waals surface area contributed by atoms with E-state index < -0.39 is 9.84 Å². The van der Waals surface area contributed by atoms with Crippen molar-refractivity contribution in [2.45, 2.75) is 31.4 Å². The first-order valence-corrected chi connectivity index (χ1v) is 6.85. The van der Waals surface area contributed by atoms with Gasteiger partial charge >= 0.3 is 0 Å². The van der Waals surface area contributed by atoms with Gasteiger partial charge in [0.05, 0.1) is 6.07 Å². The summed E-state index contributed by atoms with van der Waals surface area (Å²) in [5.41, 5.74) is 0. The molecule has 7 heteroatoms. The Morgan fingerprint density at radius 3 is 2.81 bits per heavy atom. The largest absolute Gasteiger partial charge is 0.339 e. The highest BCUT2D eigenvalue weighted by molar-refractivity contribution is 7.89. The van der Waals surface area contributed by atoms with Crippen molar-refractivity contribution in [3.8, 4) is 6.07 Å². The van der Waals surface area contributed by atoms with E-state index in [0.717, 1.165) is 6.26 Å². The van der Waals surface area contributed by atoms with Crippen LogP contribution in [0.25, 0.3) is 0 Å². The fourth-order valence-corrected chi connectivity index (χ4v) is 1.75. The maximum absolute atomic E-state index is 11.0. The Morgan fingerprint density at radius 1 is 1.56 bits per heavy atom. The quantitative estimate of drug-likeness (QED) is 0.765. The molecule has 0 aliphatic rings. The molecule has 0 aliphatic heterocycles. The number of rotatable bonds is 5. The molecule has 1 aromatic rings. The van der Waals surface area contributed by atoms with Gasteiger partial charge in [-0.25, -0.2) is 8.42 Å². The summed E-state index contributed by atoms with van der Waals surface area (Å²) in [6.07, 6.45) is 2.14. The zero-order valence-electron chi connectivity index (χ0n) is 9.17. The molecule has 1 aromatic heterocycles. The summed E-state index contributed by atoms with van der Waals surface area (Å²) in [5.74, 6) is 0.303. The first-order chi connectivity index (χ1) is 7.42. The maximum Gasteiger partial charge on any atom is 0.229 e. The third-order valence-electron chi connectivity index (χ3n) is 1.99. The van der Waals surface area contributed by atoms with Crippen LogP contribution in [0.15, 0.2) is 4.52 Å². The highest BCUT2D eigenvalue weighted by Gasteiger charge is 2.16. The predicted molar refractivity (Wildman–Crippen MR) is 56.1 cm³/mol. The molecule has 0 saturated carbocycles. The second-order valence-corrected chi connectivity index (χ2v) is 5.86. The molecule has 88 valence electrons. The van der Waals surface area contributed by atoms with Crippen LogP contribution in [0.4, 0.5) is 0 Å². The lowest BCUT2D eigenvalue weighted by Gasteiger charge is -2.00. The fraction of sp³-hybridized carbons (Fsp3) is 0.667. The van der Waals surface area contributed by atoms with Crippen molar-refractivity contribution < 1.29 is 12.9 Å². The molecule has 0 N–H and O–H groups in total. The van der Waals surface area contributed by atoms with Crippen molar-refractivity contribution >= 4 is 9.84 Å². The lowest BCUT2D eigenvalue weighted by molar-refractivity contribution is 0.351. The van der Waals surface area contributed by atoms with E-state index in [-0.39, 0.29) is 17.5 Å². The molecule has 0 bridgehead atoms. The van der Waals surface area contributed by atoms with E-state index in [9.17, 15) is 8.42 Å². The summed E-state index contributed by atoms with van der Waals surface area (Å²) in [6.45, 7) is 1.86. The van der Waals surface area contributed by atoms with Gasteiger partial charge in [-0.15, -0.1) is 0 Å². The standard InChI is InChI=1S/C9H13N3O3S/c1-7(4-3-5-10)9-11-8(12-15-9)6-16(2,13)14/h7H,3-4,6H2,1-2H3. The second kappa shape index (κ2) is 5.07. The van der Waals surface area contributed by atoms with E-state index in [0.29, 0.717) is 18.7 Å². The van der Waals surface area contributed by atoms with Gasteiger partial charge in [0.25, 0.3) is 0 Å². The average Bonchev–Trinajstić information content (AvgIpc) is 2.59. The number of hydrogen-bond acceptors (Lipinski definition) is 6. The molecule has 0 amide bonds. The van der Waals surface area contributed by atoms with Crippen molar-refractivity contribution in [2.24, 2.45) is 0 Å². The number of nitriles is 1. The lowest BCUT2D eigenvalue weighted by Crippen LogP contribution is -2.02. The molecule has 0 aliphatic carbocycles. The minimum absolute atomic E-state index is 0.0274. The highest BCUT2D eigenvalue weighted by Crippen LogP contribution is 2.18. The molecule has 1 heterocycles. The van der Waals surface area contributed by atoms with Crippen molar-refractivity contribution in [1.29, 1.82) is 5.26 Å². The van der Waals surface area contributed by atoms with Crippen LogP contribution in [-0.2, 0) is 15.6 Å². The predicted octanol–water partition coefficient (Wildman–Crippen LogP) is 1.02. The molecular weight excluding hydrogens is 230 g/mol. The maximum atomic E-state index is 11.0. The van der Waals surface area contributed by atoms with Crippen LogP contribution in [0.5, 0.6) is 0 Å². The van der Waals surface area contributed by atoms with Crippen LogP contribution in [0.3, 0.4) is 0 Å². The van der Waals surface area contributed by atoms with Gasteiger partial charge in [0, 0.05) is 18.6 Å². The summed E-state index contributed by atoms with van der Waals surface area (Å²) >= 11 is 0. The SMILES string of the molecule is CC(CCC#N)c1nc(CS(C)(=O)=O)no1. The number of sulfone groups is 1. The van der Waals surface area contributed by atoms with Crippen LogP contribution in [0, 0.1) is 11.3 Å². The Labute approximate surface area is 94.2 Å². The zero-order valence-corrected chi connectivity index (χ0v) is 9.99. The Kier molecular flexibility index (Phi) is 4.01. The molecule has 0 fully saturated rings. The fourth-order valence-electron chi connectivity index (χ4n) is 1.17. The van der Waals surface area contributed by atoms with E-state index in [1.54, 1.807) is 0 Å². The Hall–Kier alpha value is -1.42. The first-order valence-electron chi connectivity index (χ1n) is 4.79. The Bertz CT molecular complexity index is 486. The minimum atomic E-state index is -3.14. The normalized spacial score (nSPS) is 13.3. The van der Waals surface area contributed by atoms with Gasteiger partial charge in [-0.2, -0.15) is 10.2 Å². The van der Waals surface area contributed by atoms with Gasteiger partial charge in [-0.3, -0.25) is 0 Å². The molecule has 0 saturated heterocycles. The van der Waals surface area contributed by atoms with E-state index in [2.05, 4.69) is 10.1 Å². The first kappa shape index (κ1) is 12.6. The van der Waals surface area contributed by atoms with Gasteiger partial charge in [0.2, 0.25) is 5.89 Å². The van der Waals surface area contributed by atoms with Crippen LogP contribution in [0.2, 0.25) is 0 Å². The van der Waals surface area contributed by atoms with Crippen molar-refractivity contribution in [1.82, 2.24) is 10.1 Å². The molecular formula is C9H13N3O3S. The topological polar surface area (TPSA) is 96.8 Å². The van der Waals surface area contributed by atoms with Gasteiger partial charge in [-0.1, -0.05) is 12.1 Å². The minimum Gasteiger partial charge on any atom is -0.339 e. The zero-order chi connectivity index (χ0) is 12.2. The number of nitrogens with zero attached hydrogens (tertiary/aromatic N) is 3. The van der Waals surface area contributed by atoms with Crippen molar-refractivity contribution in [3.63, 3.8) is 0 Å². The van der Waals surface area contributed by atoms with Crippen LogP contribution in [-0.4, -0.2) is 24.8 Å². The summed E-state index contributed by atoms with van der Waals surface area (Å²) < 4.78 is 26.9. The summed E-state index contributed by atoms with van der Waals surface area (Å²) in [6, 6.07) is 2.03. The monoisotopic (exact) mass is 243 g/mol. The van der Waals surface area contributed by atoms with Crippen molar-refractivity contribution in [3.05, 3.63) is 11.7 Å². The van der Waals surface area contributed by atoms with E-state index in [1.165, 1.54) is 0 Å². The second-order valence-electron chi connectivity index (χ2n) is 3.72. The van der Waals surface area contributed by atoms with E-state index in [1.807, 2.05) is 13.0 Å². The van der Waals surface area contributed by atoms with Gasteiger partial charge in [-0.05, 0) is 6.42 Å². The van der Waals surface area contributed by atoms with Gasteiger partial charge in [0.15, 0.2) is 15.7 Å². The molecule has 6 nitrogen and oxygen atoms in total. The molecule has 0 spiro atoms. The van der Waals surface area contributed by atoms with E-state index in [4.69, 9.17) is 9.78 Å². The molecule has 1 atom stereocenters. The lowest BCUT2D eigenvalue weighted by atomic mass is 10.1. The Balaban J connectivity index is 2.68. The smallest absolute Gasteiger partial charge is 0.229 e. The Morgan fingerprint density at radius 2 is 2.25 bits per heavy atom. The summed E-state index contributed by atoms with van der Waals surface area (Å²) in [7, 11) is -3.14. The molecule has 0 radical (unpaired) electrons. The summed E-state index contributed by atoms with van der Waals surface area (Å²) in [5, 5.41) is 12.0. The average molecular weight is 243 g/mol. The van der Waals surface area contributed by atoms with E-state index >= 15 is 0 Å². The van der Waals surface area contributed by atoms with Gasteiger partial charge < -0.3 is 4.52 Å². The van der Waals surface area contributed by atoms with Gasteiger partial charge in [0.1, 0.15) is 5.75 Å². The molecule has 16 heavy (non-hydrogen) atoms. The third-order valence-corrected chi connectivity index (χ3v) is 2.77. The van der Waals surface area contributed by atoms with Crippen LogP contribution >= 0.6 is 0 Å².